The Morgan fingerprint density at radius 2 is 1.70 bits per heavy atom. The molecule has 7 heteroatoms. The topological polar surface area (TPSA) is 34.1 Å². The summed E-state index contributed by atoms with van der Waals surface area (Å²) in [5, 5.41) is 3.07. The maximum atomic E-state index is 12.8. The Hall–Kier alpha value is -2.93. The zero-order valence-corrected chi connectivity index (χ0v) is 15.1. The third-order valence-electron chi connectivity index (χ3n) is 3.65. The maximum Gasteiger partial charge on any atom is 0.416 e. The fourth-order valence-corrected chi connectivity index (χ4v) is 2.52. The second kappa shape index (κ2) is 7.75. The van der Waals surface area contributed by atoms with Crippen LogP contribution in [0.5, 0.6) is 11.6 Å². The number of rotatable bonds is 4. The Balaban J connectivity index is 1.75. The molecule has 0 saturated heterocycles. The molecule has 138 valence electrons. The van der Waals surface area contributed by atoms with E-state index in [4.69, 9.17) is 17.0 Å². The average molecular weight is 388 g/mol. The number of hydrogen-bond acceptors (Lipinski definition) is 3. The SMILES string of the molecule is Cc1ccc(NC(=S)c2cccc(Oc3cccc(C(F)(F)F)c3)n2)cc1. The van der Waals surface area contributed by atoms with Gasteiger partial charge in [-0.25, -0.2) is 4.98 Å². The van der Waals surface area contributed by atoms with Crippen LogP contribution < -0.4 is 10.1 Å². The molecule has 0 spiro atoms. The zero-order chi connectivity index (χ0) is 19.4. The summed E-state index contributed by atoms with van der Waals surface area (Å²) in [7, 11) is 0. The standard InChI is InChI=1S/C20H15F3N2OS/c1-13-8-10-15(11-9-13)24-19(27)17-6-3-7-18(25-17)26-16-5-2-4-14(12-16)20(21,22)23/h2-12H,1H3,(H,24,27). The van der Waals surface area contributed by atoms with Gasteiger partial charge in [0, 0.05) is 11.8 Å². The summed E-state index contributed by atoms with van der Waals surface area (Å²) in [5.74, 6) is 0.201. The monoisotopic (exact) mass is 388 g/mol. The van der Waals surface area contributed by atoms with Crippen molar-refractivity contribution < 1.29 is 17.9 Å². The molecule has 3 aromatic rings. The second-order valence-electron chi connectivity index (χ2n) is 5.81. The third-order valence-corrected chi connectivity index (χ3v) is 3.96. The van der Waals surface area contributed by atoms with Crippen LogP contribution in [-0.2, 0) is 6.18 Å². The number of aryl methyl sites for hydroxylation is 1. The van der Waals surface area contributed by atoms with E-state index in [0.717, 1.165) is 23.4 Å². The van der Waals surface area contributed by atoms with Crippen LogP contribution in [0.3, 0.4) is 0 Å². The number of anilines is 1. The molecule has 1 N–H and O–H groups in total. The minimum absolute atomic E-state index is 0.0480. The molecule has 0 amide bonds. The number of halogens is 3. The molecule has 3 nitrogen and oxygen atoms in total. The number of thiocarbonyl (C=S) groups is 1. The molecular weight excluding hydrogens is 373 g/mol. The first-order valence-corrected chi connectivity index (χ1v) is 8.42. The fourth-order valence-electron chi connectivity index (χ4n) is 2.29. The van der Waals surface area contributed by atoms with Gasteiger partial charge >= 0.3 is 6.18 Å². The van der Waals surface area contributed by atoms with E-state index in [9.17, 15) is 13.2 Å². The first kappa shape index (κ1) is 18.8. The lowest BCUT2D eigenvalue weighted by atomic mass is 10.2. The van der Waals surface area contributed by atoms with Gasteiger partial charge in [-0.2, -0.15) is 13.2 Å². The summed E-state index contributed by atoms with van der Waals surface area (Å²) in [6.07, 6.45) is -4.44. The van der Waals surface area contributed by atoms with Crippen molar-refractivity contribution in [3.05, 3.63) is 83.6 Å². The maximum absolute atomic E-state index is 12.8. The van der Waals surface area contributed by atoms with Crippen molar-refractivity contribution in [1.82, 2.24) is 4.98 Å². The summed E-state index contributed by atoms with van der Waals surface area (Å²) in [6.45, 7) is 1.98. The van der Waals surface area contributed by atoms with Crippen LogP contribution in [0.25, 0.3) is 0 Å². The quantitative estimate of drug-likeness (QED) is 0.557. The molecule has 0 unspecified atom stereocenters. The number of alkyl halides is 3. The number of pyridine rings is 1. The number of nitrogens with zero attached hydrogens (tertiary/aromatic N) is 1. The largest absolute Gasteiger partial charge is 0.439 e. The van der Waals surface area contributed by atoms with Gasteiger partial charge in [0.2, 0.25) is 5.88 Å². The first-order chi connectivity index (χ1) is 12.8. The number of benzene rings is 2. The Labute approximate surface area is 159 Å². The normalized spacial score (nSPS) is 11.1. The minimum atomic E-state index is -4.44. The minimum Gasteiger partial charge on any atom is -0.439 e. The summed E-state index contributed by atoms with van der Waals surface area (Å²) >= 11 is 5.35. The number of aromatic nitrogens is 1. The molecule has 0 bridgehead atoms. The predicted octanol–water partition coefficient (Wildman–Crippen LogP) is 5.99. The van der Waals surface area contributed by atoms with Gasteiger partial charge in [-0.05, 0) is 43.3 Å². The van der Waals surface area contributed by atoms with Gasteiger partial charge in [0.05, 0.1) is 5.56 Å². The van der Waals surface area contributed by atoms with Crippen LogP contribution in [0, 0.1) is 6.92 Å². The summed E-state index contributed by atoms with van der Waals surface area (Å²) < 4.78 is 43.9. The molecule has 27 heavy (non-hydrogen) atoms. The highest BCUT2D eigenvalue weighted by molar-refractivity contribution is 7.81. The smallest absolute Gasteiger partial charge is 0.416 e. The van der Waals surface area contributed by atoms with Crippen LogP contribution >= 0.6 is 12.2 Å². The van der Waals surface area contributed by atoms with Crippen molar-refractivity contribution in [3.63, 3.8) is 0 Å². The van der Waals surface area contributed by atoms with Crippen LogP contribution in [0.4, 0.5) is 18.9 Å². The van der Waals surface area contributed by atoms with Gasteiger partial charge < -0.3 is 10.1 Å². The summed E-state index contributed by atoms with van der Waals surface area (Å²) in [6, 6.07) is 17.2. The molecule has 2 aromatic carbocycles. The van der Waals surface area contributed by atoms with Crippen molar-refractivity contribution in [2.24, 2.45) is 0 Å². The Bertz CT molecular complexity index is 956. The van der Waals surface area contributed by atoms with Gasteiger partial charge in [-0.1, -0.05) is 42.0 Å². The molecule has 0 aliphatic heterocycles. The highest BCUT2D eigenvalue weighted by Gasteiger charge is 2.30. The third kappa shape index (κ3) is 5.04. The van der Waals surface area contributed by atoms with Crippen LogP contribution in [0.1, 0.15) is 16.8 Å². The molecule has 0 radical (unpaired) electrons. The van der Waals surface area contributed by atoms with Crippen LogP contribution in [0.2, 0.25) is 0 Å². The molecule has 3 rings (SSSR count). The number of hydrogen-bond donors (Lipinski definition) is 1. The fraction of sp³-hybridized carbons (Fsp3) is 0.100. The number of nitrogens with one attached hydrogen (secondary N) is 1. The van der Waals surface area contributed by atoms with Gasteiger partial charge in [-0.3, -0.25) is 0 Å². The lowest BCUT2D eigenvalue weighted by Gasteiger charge is -2.11. The van der Waals surface area contributed by atoms with E-state index in [-0.39, 0.29) is 11.6 Å². The van der Waals surface area contributed by atoms with Crippen molar-refractivity contribution in [2.75, 3.05) is 5.32 Å². The highest BCUT2D eigenvalue weighted by Crippen LogP contribution is 2.32. The number of ether oxygens (including phenoxy) is 1. The molecular formula is C20H15F3N2OS. The Kier molecular flexibility index (Phi) is 5.41. The van der Waals surface area contributed by atoms with Gasteiger partial charge in [0.25, 0.3) is 0 Å². The summed E-state index contributed by atoms with van der Waals surface area (Å²) in [5.41, 5.74) is 1.61. The van der Waals surface area contributed by atoms with Crippen molar-refractivity contribution in [3.8, 4) is 11.6 Å². The van der Waals surface area contributed by atoms with E-state index in [2.05, 4.69) is 10.3 Å². The highest BCUT2D eigenvalue weighted by atomic mass is 32.1. The molecule has 0 fully saturated rings. The van der Waals surface area contributed by atoms with E-state index in [1.54, 1.807) is 18.2 Å². The lowest BCUT2D eigenvalue weighted by Crippen LogP contribution is -2.12. The summed E-state index contributed by atoms with van der Waals surface area (Å²) in [4.78, 5) is 4.65. The molecule has 0 saturated carbocycles. The zero-order valence-electron chi connectivity index (χ0n) is 14.2. The van der Waals surface area contributed by atoms with E-state index >= 15 is 0 Å². The van der Waals surface area contributed by atoms with Crippen molar-refractivity contribution in [2.45, 2.75) is 13.1 Å². The molecule has 1 aromatic heterocycles. The molecule has 0 aliphatic rings. The van der Waals surface area contributed by atoms with Crippen LogP contribution in [0.15, 0.2) is 66.7 Å². The lowest BCUT2D eigenvalue weighted by molar-refractivity contribution is -0.137. The van der Waals surface area contributed by atoms with E-state index < -0.39 is 11.7 Å². The first-order valence-electron chi connectivity index (χ1n) is 8.01. The van der Waals surface area contributed by atoms with E-state index in [1.807, 2.05) is 31.2 Å². The molecule has 0 atom stereocenters. The van der Waals surface area contributed by atoms with Crippen molar-refractivity contribution >= 4 is 22.9 Å². The van der Waals surface area contributed by atoms with Crippen molar-refractivity contribution in [1.29, 1.82) is 0 Å². The Morgan fingerprint density at radius 3 is 2.41 bits per heavy atom. The average Bonchev–Trinajstić information content (AvgIpc) is 2.63. The molecule has 1 heterocycles. The molecule has 0 aliphatic carbocycles. The van der Waals surface area contributed by atoms with Gasteiger partial charge in [-0.15, -0.1) is 0 Å². The second-order valence-corrected chi connectivity index (χ2v) is 6.22. The predicted molar refractivity (Wildman–Crippen MR) is 102 cm³/mol. The van der Waals surface area contributed by atoms with Gasteiger partial charge in [0.15, 0.2) is 0 Å². The van der Waals surface area contributed by atoms with Gasteiger partial charge in [0.1, 0.15) is 16.4 Å². The Morgan fingerprint density at radius 1 is 1.00 bits per heavy atom. The van der Waals surface area contributed by atoms with E-state index in [1.165, 1.54) is 12.1 Å². The van der Waals surface area contributed by atoms with E-state index in [0.29, 0.717) is 10.7 Å². The van der Waals surface area contributed by atoms with Crippen LogP contribution in [-0.4, -0.2) is 9.97 Å².